The fraction of sp³-hybridized carbons (Fsp3) is 0.625. The van der Waals surface area contributed by atoms with Gasteiger partial charge in [0, 0.05) is 6.04 Å². The lowest BCUT2D eigenvalue weighted by atomic mass is 9.88. The third kappa shape index (κ3) is 2.93. The van der Waals surface area contributed by atoms with Crippen LogP contribution < -0.4 is 10.5 Å². The Morgan fingerprint density at radius 3 is 3.00 bits per heavy atom. The Labute approximate surface area is 115 Å². The van der Waals surface area contributed by atoms with E-state index in [0.29, 0.717) is 12.7 Å². The molecule has 1 aliphatic heterocycles. The van der Waals surface area contributed by atoms with E-state index in [0.717, 1.165) is 31.4 Å². The number of hydrogen-bond acceptors (Lipinski definition) is 3. The van der Waals surface area contributed by atoms with E-state index in [2.05, 4.69) is 25.1 Å². The zero-order valence-corrected chi connectivity index (χ0v) is 11.6. The minimum Gasteiger partial charge on any atom is -0.491 e. The third-order valence-electron chi connectivity index (χ3n) is 4.23. The van der Waals surface area contributed by atoms with Gasteiger partial charge in [0.25, 0.3) is 0 Å². The van der Waals surface area contributed by atoms with E-state index >= 15 is 0 Å². The van der Waals surface area contributed by atoms with Gasteiger partial charge in [0.1, 0.15) is 12.4 Å². The minimum absolute atomic E-state index is 0.176. The maximum Gasteiger partial charge on any atom is 0.119 e. The normalized spacial score (nSPS) is 30.1. The molecule has 0 radical (unpaired) electrons. The first-order valence-corrected chi connectivity index (χ1v) is 7.39. The van der Waals surface area contributed by atoms with Crippen LogP contribution in [0.3, 0.4) is 0 Å². The molecule has 2 N–H and O–H groups in total. The van der Waals surface area contributed by atoms with E-state index < -0.39 is 0 Å². The summed E-state index contributed by atoms with van der Waals surface area (Å²) in [6.45, 7) is 2.77. The molecule has 0 aromatic heterocycles. The average Bonchev–Trinajstić information content (AvgIpc) is 2.83. The van der Waals surface area contributed by atoms with Gasteiger partial charge in [-0.3, -0.25) is 0 Å². The predicted molar refractivity (Wildman–Crippen MR) is 75.4 cm³/mol. The monoisotopic (exact) mass is 261 g/mol. The van der Waals surface area contributed by atoms with Crippen LogP contribution in [0.15, 0.2) is 18.2 Å². The molecule has 1 aromatic carbocycles. The number of nitrogens with two attached hydrogens (primary N) is 1. The third-order valence-corrected chi connectivity index (χ3v) is 4.23. The summed E-state index contributed by atoms with van der Waals surface area (Å²) in [6, 6.07) is 6.53. The highest BCUT2D eigenvalue weighted by Crippen LogP contribution is 2.31. The van der Waals surface area contributed by atoms with Crippen LogP contribution in [-0.4, -0.2) is 18.8 Å². The zero-order chi connectivity index (χ0) is 13.2. The molecule has 1 fully saturated rings. The summed E-state index contributed by atoms with van der Waals surface area (Å²) in [5.74, 6) is 0.930. The number of ether oxygens (including phenoxy) is 2. The Bertz CT molecular complexity index is 446. The van der Waals surface area contributed by atoms with Gasteiger partial charge in [-0.15, -0.1) is 0 Å². The first-order valence-electron chi connectivity index (χ1n) is 7.39. The average molecular weight is 261 g/mol. The van der Waals surface area contributed by atoms with Crippen LogP contribution in [0.25, 0.3) is 0 Å². The molecule has 3 nitrogen and oxygen atoms in total. The second-order valence-corrected chi connectivity index (χ2v) is 5.82. The maximum absolute atomic E-state index is 6.17. The van der Waals surface area contributed by atoms with Gasteiger partial charge in [0.15, 0.2) is 0 Å². The number of rotatable bonds is 3. The molecule has 0 bridgehead atoms. The smallest absolute Gasteiger partial charge is 0.119 e. The lowest BCUT2D eigenvalue weighted by Crippen LogP contribution is -2.19. The fourth-order valence-corrected chi connectivity index (χ4v) is 3.10. The van der Waals surface area contributed by atoms with Gasteiger partial charge in [0.2, 0.25) is 0 Å². The molecule has 3 rings (SSSR count). The van der Waals surface area contributed by atoms with Crippen molar-refractivity contribution < 1.29 is 9.47 Å². The van der Waals surface area contributed by atoms with Gasteiger partial charge in [0.05, 0.1) is 12.2 Å². The van der Waals surface area contributed by atoms with E-state index in [1.165, 1.54) is 17.5 Å². The molecule has 1 saturated heterocycles. The second kappa shape index (κ2) is 5.51. The lowest BCUT2D eigenvalue weighted by Gasteiger charge is -2.23. The molecule has 2 unspecified atom stereocenters. The van der Waals surface area contributed by atoms with Crippen molar-refractivity contribution in [3.05, 3.63) is 29.3 Å². The molecule has 1 aliphatic carbocycles. The van der Waals surface area contributed by atoms with Gasteiger partial charge in [-0.05, 0) is 62.3 Å². The zero-order valence-electron chi connectivity index (χ0n) is 11.6. The summed E-state index contributed by atoms with van der Waals surface area (Å²) in [5, 5.41) is 0. The van der Waals surface area contributed by atoms with Crippen LogP contribution in [0.5, 0.6) is 5.75 Å². The molecular formula is C16H23NO2. The van der Waals surface area contributed by atoms with E-state index in [1.54, 1.807) is 0 Å². The van der Waals surface area contributed by atoms with Crippen LogP contribution >= 0.6 is 0 Å². The summed E-state index contributed by atoms with van der Waals surface area (Å²) < 4.78 is 11.6. The van der Waals surface area contributed by atoms with Crippen molar-refractivity contribution in [1.82, 2.24) is 0 Å². The number of hydrogen-bond donors (Lipinski definition) is 1. The van der Waals surface area contributed by atoms with E-state index in [-0.39, 0.29) is 12.1 Å². The van der Waals surface area contributed by atoms with Crippen molar-refractivity contribution in [1.29, 1.82) is 0 Å². The van der Waals surface area contributed by atoms with Crippen molar-refractivity contribution in [2.24, 2.45) is 5.73 Å². The molecular weight excluding hydrogens is 238 g/mol. The van der Waals surface area contributed by atoms with Gasteiger partial charge in [-0.2, -0.15) is 0 Å². The van der Waals surface area contributed by atoms with Crippen molar-refractivity contribution >= 4 is 0 Å². The Hall–Kier alpha value is -1.06. The summed E-state index contributed by atoms with van der Waals surface area (Å²) >= 11 is 0. The number of fused-ring (bicyclic) bond motifs is 1. The van der Waals surface area contributed by atoms with Crippen LogP contribution in [0.4, 0.5) is 0 Å². The van der Waals surface area contributed by atoms with Gasteiger partial charge in [-0.1, -0.05) is 6.07 Å². The SMILES string of the molecule is CC1CCC(COc2ccc3c(c2)[C@@H](N)CCC3)O1. The Morgan fingerprint density at radius 2 is 2.21 bits per heavy atom. The molecule has 1 heterocycles. The van der Waals surface area contributed by atoms with Crippen molar-refractivity contribution in [3.8, 4) is 5.75 Å². The standard InChI is InChI=1S/C16H23NO2/c1-11-5-7-14(19-11)10-18-13-8-6-12-3-2-4-16(17)15(12)9-13/h6,8-9,11,14,16H,2-5,7,10,17H2,1H3/t11?,14?,16-/m0/s1. The highest BCUT2D eigenvalue weighted by Gasteiger charge is 2.22. The predicted octanol–water partition coefficient (Wildman–Crippen LogP) is 2.97. The largest absolute Gasteiger partial charge is 0.491 e. The van der Waals surface area contributed by atoms with Crippen LogP contribution in [0.2, 0.25) is 0 Å². The van der Waals surface area contributed by atoms with Gasteiger partial charge >= 0.3 is 0 Å². The molecule has 2 aliphatic rings. The number of benzene rings is 1. The summed E-state index contributed by atoms with van der Waals surface area (Å²) in [5.41, 5.74) is 8.83. The quantitative estimate of drug-likeness (QED) is 0.909. The Balaban J connectivity index is 1.63. The Morgan fingerprint density at radius 1 is 1.32 bits per heavy atom. The summed E-state index contributed by atoms with van der Waals surface area (Å²) in [4.78, 5) is 0. The molecule has 0 amide bonds. The van der Waals surface area contributed by atoms with Crippen molar-refractivity contribution in [2.45, 2.75) is 57.3 Å². The first kappa shape index (κ1) is 12.9. The molecule has 3 atom stereocenters. The van der Waals surface area contributed by atoms with Crippen LogP contribution in [0.1, 0.15) is 49.8 Å². The lowest BCUT2D eigenvalue weighted by molar-refractivity contribution is 0.0264. The first-order chi connectivity index (χ1) is 9.22. The van der Waals surface area contributed by atoms with Crippen LogP contribution in [-0.2, 0) is 11.2 Å². The molecule has 0 spiro atoms. The second-order valence-electron chi connectivity index (χ2n) is 5.82. The minimum atomic E-state index is 0.176. The topological polar surface area (TPSA) is 44.5 Å². The number of aryl methyl sites for hydroxylation is 1. The Kier molecular flexibility index (Phi) is 3.76. The summed E-state index contributed by atoms with van der Waals surface area (Å²) in [6.07, 6.45) is 6.30. The fourth-order valence-electron chi connectivity index (χ4n) is 3.10. The summed E-state index contributed by atoms with van der Waals surface area (Å²) in [7, 11) is 0. The van der Waals surface area contributed by atoms with E-state index in [4.69, 9.17) is 15.2 Å². The van der Waals surface area contributed by atoms with Crippen molar-refractivity contribution in [2.75, 3.05) is 6.61 Å². The maximum atomic E-state index is 6.17. The highest BCUT2D eigenvalue weighted by molar-refractivity contribution is 5.39. The molecule has 3 heteroatoms. The van der Waals surface area contributed by atoms with Crippen LogP contribution in [0, 0.1) is 0 Å². The molecule has 0 saturated carbocycles. The van der Waals surface area contributed by atoms with Gasteiger partial charge < -0.3 is 15.2 Å². The van der Waals surface area contributed by atoms with E-state index in [1.807, 2.05) is 0 Å². The molecule has 19 heavy (non-hydrogen) atoms. The molecule has 1 aromatic rings. The van der Waals surface area contributed by atoms with E-state index in [9.17, 15) is 0 Å². The van der Waals surface area contributed by atoms with Crippen molar-refractivity contribution in [3.63, 3.8) is 0 Å². The van der Waals surface area contributed by atoms with Gasteiger partial charge in [-0.25, -0.2) is 0 Å². The molecule has 104 valence electrons. The highest BCUT2D eigenvalue weighted by atomic mass is 16.5.